The molecule has 27 heavy (non-hydrogen) atoms. The Morgan fingerprint density at radius 2 is 1.22 bits per heavy atom. The number of benzene rings is 3. The first-order valence-electron chi connectivity index (χ1n) is 9.13. The van der Waals surface area contributed by atoms with Crippen LogP contribution in [0, 0.1) is 0 Å². The van der Waals surface area contributed by atoms with Gasteiger partial charge in [0.05, 0.1) is 18.8 Å². The van der Waals surface area contributed by atoms with Gasteiger partial charge in [0, 0.05) is 18.8 Å². The summed E-state index contributed by atoms with van der Waals surface area (Å²) in [4.78, 5) is 2.12. The zero-order chi connectivity index (χ0) is 19.1. The van der Waals surface area contributed by atoms with Crippen molar-refractivity contribution in [2.45, 2.75) is 25.2 Å². The molecule has 0 unspecified atom stereocenters. The van der Waals surface area contributed by atoms with Crippen LogP contribution in [0.1, 0.15) is 22.8 Å². The lowest BCUT2D eigenvalue weighted by atomic mass is 9.99. The quantitative estimate of drug-likeness (QED) is 0.538. The molecule has 0 aliphatic carbocycles. The predicted octanol–water partition coefficient (Wildman–Crippen LogP) is 3.37. The minimum atomic E-state index is -0.817. The molecule has 4 heteroatoms. The van der Waals surface area contributed by atoms with Crippen molar-refractivity contribution < 1.29 is 10.2 Å². The summed E-state index contributed by atoms with van der Waals surface area (Å²) in [7, 11) is 0. The fraction of sp³-hybridized carbons (Fsp3) is 0.217. The molecule has 140 valence electrons. The summed E-state index contributed by atoms with van der Waals surface area (Å²) in [6.07, 6.45) is -0.817. The summed E-state index contributed by atoms with van der Waals surface area (Å²) in [5, 5.41) is 21.1. The lowest BCUT2D eigenvalue weighted by Gasteiger charge is -2.34. The second-order valence-electron chi connectivity index (χ2n) is 6.74. The van der Waals surface area contributed by atoms with Crippen molar-refractivity contribution in [1.82, 2.24) is 4.90 Å². The van der Waals surface area contributed by atoms with Crippen molar-refractivity contribution in [3.63, 3.8) is 0 Å². The third-order valence-corrected chi connectivity index (χ3v) is 4.76. The largest absolute Gasteiger partial charge is 0.399 e. The molecule has 0 heterocycles. The molecule has 0 radical (unpaired) electrons. The molecule has 3 aromatic rings. The first-order chi connectivity index (χ1) is 13.2. The van der Waals surface area contributed by atoms with E-state index in [1.807, 2.05) is 48.5 Å². The number of rotatable bonds is 8. The number of anilines is 1. The molecule has 0 aliphatic rings. The summed E-state index contributed by atoms with van der Waals surface area (Å²) in [5.74, 6) is 0. The lowest BCUT2D eigenvalue weighted by molar-refractivity contribution is 0.00594. The van der Waals surface area contributed by atoms with Gasteiger partial charge in [0.15, 0.2) is 0 Å². The maximum Gasteiger partial charge on any atom is 0.0967 e. The van der Waals surface area contributed by atoms with Gasteiger partial charge < -0.3 is 15.9 Å². The highest BCUT2D eigenvalue weighted by molar-refractivity contribution is 5.40. The monoisotopic (exact) mass is 362 g/mol. The number of nitrogens with two attached hydrogens (primary N) is 1. The molecule has 3 rings (SSSR count). The van der Waals surface area contributed by atoms with Gasteiger partial charge in [-0.15, -0.1) is 0 Å². The summed E-state index contributed by atoms with van der Waals surface area (Å²) < 4.78 is 0. The van der Waals surface area contributed by atoms with Crippen molar-refractivity contribution >= 4 is 5.69 Å². The van der Waals surface area contributed by atoms with E-state index < -0.39 is 12.1 Å². The van der Waals surface area contributed by atoms with Gasteiger partial charge >= 0.3 is 0 Å². The van der Waals surface area contributed by atoms with Crippen LogP contribution in [0.2, 0.25) is 0 Å². The fourth-order valence-electron chi connectivity index (χ4n) is 3.26. The van der Waals surface area contributed by atoms with E-state index in [9.17, 15) is 10.2 Å². The first kappa shape index (κ1) is 19.1. The highest BCUT2D eigenvalue weighted by Gasteiger charge is 2.27. The summed E-state index contributed by atoms with van der Waals surface area (Å²) in [6, 6.07) is 26.9. The van der Waals surface area contributed by atoms with Gasteiger partial charge in [0.25, 0.3) is 0 Å². The summed E-state index contributed by atoms with van der Waals surface area (Å²) >= 11 is 0. The van der Waals surface area contributed by atoms with Crippen LogP contribution in [0.3, 0.4) is 0 Å². The molecule has 0 fully saturated rings. The third-order valence-electron chi connectivity index (χ3n) is 4.76. The van der Waals surface area contributed by atoms with Crippen molar-refractivity contribution in [3.05, 3.63) is 102 Å². The van der Waals surface area contributed by atoms with Gasteiger partial charge in [-0.05, 0) is 28.8 Å². The van der Waals surface area contributed by atoms with Gasteiger partial charge in [-0.2, -0.15) is 0 Å². The van der Waals surface area contributed by atoms with Crippen molar-refractivity contribution in [1.29, 1.82) is 0 Å². The van der Waals surface area contributed by atoms with Crippen molar-refractivity contribution in [2.24, 2.45) is 0 Å². The SMILES string of the molecule is Nc1ccc([C@H](O)[C@H](CO)N(Cc2ccccc2)Cc2ccccc2)cc1. The third kappa shape index (κ3) is 5.17. The van der Waals surface area contributed by atoms with Crippen molar-refractivity contribution in [3.8, 4) is 0 Å². The van der Waals surface area contributed by atoms with Crippen LogP contribution in [0.15, 0.2) is 84.9 Å². The number of hydrogen-bond acceptors (Lipinski definition) is 4. The topological polar surface area (TPSA) is 69.7 Å². The Bertz CT molecular complexity index is 765. The zero-order valence-corrected chi connectivity index (χ0v) is 15.3. The number of aliphatic hydroxyl groups excluding tert-OH is 2. The van der Waals surface area contributed by atoms with Crippen molar-refractivity contribution in [2.75, 3.05) is 12.3 Å². The molecule has 0 amide bonds. The Kier molecular flexibility index (Phi) is 6.60. The standard InChI is InChI=1S/C23H26N2O2/c24-21-13-11-20(12-14-21)23(27)22(17-26)25(15-18-7-3-1-4-8-18)16-19-9-5-2-6-10-19/h1-14,22-23,26-27H,15-17,24H2/t22-,23-/m0/s1. The molecule has 0 saturated heterocycles. The number of nitrogen functional groups attached to an aromatic ring is 1. The average molecular weight is 362 g/mol. The maximum atomic E-state index is 11.0. The molecule has 0 spiro atoms. The minimum Gasteiger partial charge on any atom is -0.399 e. The van der Waals surface area contributed by atoms with Gasteiger partial charge in [0.2, 0.25) is 0 Å². The van der Waals surface area contributed by atoms with E-state index >= 15 is 0 Å². The Morgan fingerprint density at radius 1 is 0.741 bits per heavy atom. The molecule has 3 aromatic carbocycles. The first-order valence-corrected chi connectivity index (χ1v) is 9.13. The minimum absolute atomic E-state index is 0.148. The average Bonchev–Trinajstić information content (AvgIpc) is 2.70. The predicted molar refractivity (Wildman–Crippen MR) is 109 cm³/mol. The van der Waals surface area contributed by atoms with E-state index in [1.165, 1.54) is 0 Å². The number of aliphatic hydroxyl groups is 2. The van der Waals surface area contributed by atoms with Crippen LogP contribution in [0.25, 0.3) is 0 Å². The van der Waals surface area contributed by atoms with Gasteiger partial charge in [-0.25, -0.2) is 0 Å². The Labute approximate surface area is 160 Å². The van der Waals surface area contributed by atoms with Crippen LogP contribution in [-0.2, 0) is 13.1 Å². The van der Waals surface area contributed by atoms with Crippen LogP contribution in [0.4, 0.5) is 5.69 Å². The van der Waals surface area contributed by atoms with E-state index in [1.54, 1.807) is 12.1 Å². The van der Waals surface area contributed by atoms with E-state index in [2.05, 4.69) is 29.2 Å². The highest BCUT2D eigenvalue weighted by atomic mass is 16.3. The lowest BCUT2D eigenvalue weighted by Crippen LogP contribution is -2.41. The molecule has 4 N–H and O–H groups in total. The zero-order valence-electron chi connectivity index (χ0n) is 15.3. The molecule has 4 nitrogen and oxygen atoms in total. The molecule has 0 bridgehead atoms. The molecule has 0 aromatic heterocycles. The number of nitrogens with zero attached hydrogens (tertiary/aromatic N) is 1. The van der Waals surface area contributed by atoms with Gasteiger partial charge in [-0.3, -0.25) is 4.90 Å². The summed E-state index contributed by atoms with van der Waals surface area (Å²) in [5.41, 5.74) is 9.42. The van der Waals surface area contributed by atoms with Gasteiger partial charge in [0.1, 0.15) is 0 Å². The smallest absolute Gasteiger partial charge is 0.0967 e. The molecular weight excluding hydrogens is 336 g/mol. The highest BCUT2D eigenvalue weighted by Crippen LogP contribution is 2.25. The molecule has 0 saturated carbocycles. The van der Waals surface area contributed by atoms with E-state index in [-0.39, 0.29) is 6.61 Å². The summed E-state index contributed by atoms with van der Waals surface area (Å²) in [6.45, 7) is 1.12. The normalized spacial score (nSPS) is 13.4. The Hall–Kier alpha value is -2.66. The van der Waals surface area contributed by atoms with E-state index in [0.29, 0.717) is 18.8 Å². The maximum absolute atomic E-state index is 11.0. The second-order valence-corrected chi connectivity index (χ2v) is 6.74. The van der Waals surface area contributed by atoms with Gasteiger partial charge in [-0.1, -0.05) is 72.8 Å². The van der Waals surface area contributed by atoms with Crippen LogP contribution < -0.4 is 5.73 Å². The number of hydrogen-bond donors (Lipinski definition) is 3. The van der Waals surface area contributed by atoms with E-state index in [4.69, 9.17) is 5.73 Å². The second kappa shape index (κ2) is 9.33. The Morgan fingerprint density at radius 3 is 1.67 bits per heavy atom. The molecular formula is C23H26N2O2. The molecule has 2 atom stereocenters. The van der Waals surface area contributed by atoms with E-state index in [0.717, 1.165) is 16.7 Å². The van der Waals surface area contributed by atoms with Crippen LogP contribution in [-0.4, -0.2) is 27.8 Å². The molecule has 0 aliphatic heterocycles. The fourth-order valence-corrected chi connectivity index (χ4v) is 3.26. The Balaban J connectivity index is 1.87. The van der Waals surface area contributed by atoms with Crippen LogP contribution >= 0.6 is 0 Å². The van der Waals surface area contributed by atoms with Crippen LogP contribution in [0.5, 0.6) is 0 Å².